The largest absolute Gasteiger partial charge is 0.525 e. The van der Waals surface area contributed by atoms with Gasteiger partial charge in [-0.2, -0.15) is 26.3 Å². The first-order chi connectivity index (χ1) is 9.16. The second-order valence-electron chi connectivity index (χ2n) is 4.56. The van der Waals surface area contributed by atoms with Crippen molar-refractivity contribution in [3.63, 3.8) is 0 Å². The number of hydrogen-bond donors (Lipinski definition) is 0. The smallest absolute Gasteiger partial charge is 0.248 e. The summed E-state index contributed by atoms with van der Waals surface area (Å²) in [4.78, 5) is 0. The summed E-state index contributed by atoms with van der Waals surface area (Å²) in [5, 5.41) is 0. The van der Waals surface area contributed by atoms with Crippen LogP contribution in [0, 0.1) is 0 Å². The Labute approximate surface area is 115 Å². The number of alkyl halides is 12. The number of halogens is 12. The van der Waals surface area contributed by atoms with Gasteiger partial charge < -0.3 is 0 Å². The predicted molar refractivity (Wildman–Crippen MR) is 46.7 cm³/mol. The van der Waals surface area contributed by atoms with Crippen molar-refractivity contribution in [1.29, 1.82) is 0 Å². The molecule has 22 heavy (non-hydrogen) atoms. The van der Waals surface area contributed by atoms with Gasteiger partial charge in [0.25, 0.3) is 11.8 Å². The van der Waals surface area contributed by atoms with Crippen molar-refractivity contribution in [2.24, 2.45) is 0 Å². The van der Waals surface area contributed by atoms with Crippen molar-refractivity contribution in [2.45, 2.75) is 56.2 Å². The maximum Gasteiger partial charge on any atom is 0.525 e. The second kappa shape index (κ2) is 5.34. The molecule has 0 spiro atoms. The molecule has 13 heteroatoms. The Morgan fingerprint density at radius 3 is 1.27 bits per heavy atom. The van der Waals surface area contributed by atoms with E-state index in [-0.39, 0.29) is 6.92 Å². The zero-order valence-corrected chi connectivity index (χ0v) is 10.7. The highest BCUT2D eigenvalue weighted by atomic mass is 19.4. The zero-order valence-electron chi connectivity index (χ0n) is 10.7. The van der Waals surface area contributed by atoms with E-state index in [9.17, 15) is 52.7 Å². The lowest BCUT2D eigenvalue weighted by Crippen LogP contribution is -2.64. The van der Waals surface area contributed by atoms with Crippen LogP contribution in [0.2, 0.25) is 0 Å². The van der Waals surface area contributed by atoms with Gasteiger partial charge in [-0.1, -0.05) is 0 Å². The van der Waals surface area contributed by atoms with E-state index in [1.54, 1.807) is 0 Å². The van der Waals surface area contributed by atoms with Gasteiger partial charge in [-0.05, 0) is 6.92 Å². The van der Waals surface area contributed by atoms with Crippen LogP contribution in [-0.2, 0) is 4.74 Å². The van der Waals surface area contributed by atoms with Gasteiger partial charge in [-0.25, -0.2) is 17.9 Å². The first kappa shape index (κ1) is 21.1. The van der Waals surface area contributed by atoms with E-state index in [1.807, 2.05) is 0 Å². The van der Waals surface area contributed by atoms with Crippen LogP contribution in [0.25, 0.3) is 0 Å². The van der Waals surface area contributed by atoms with Crippen molar-refractivity contribution >= 4 is 0 Å². The summed E-state index contributed by atoms with van der Waals surface area (Å²) >= 11 is 0. The second-order valence-corrected chi connectivity index (χ2v) is 4.56. The van der Waals surface area contributed by atoms with Crippen LogP contribution in [0.3, 0.4) is 0 Å². The van der Waals surface area contributed by atoms with Gasteiger partial charge in [0.2, 0.25) is 0 Å². The third kappa shape index (κ3) is 4.32. The van der Waals surface area contributed by atoms with Gasteiger partial charge in [0.05, 0.1) is 6.42 Å². The highest BCUT2D eigenvalue weighted by molar-refractivity contribution is 5.03. The van der Waals surface area contributed by atoms with Gasteiger partial charge in [0.15, 0.2) is 0 Å². The van der Waals surface area contributed by atoms with Gasteiger partial charge in [0, 0.05) is 6.92 Å². The molecule has 1 unspecified atom stereocenters. The fourth-order valence-corrected chi connectivity index (χ4v) is 1.29. The first-order valence-electron chi connectivity index (χ1n) is 5.13. The van der Waals surface area contributed by atoms with Crippen LogP contribution in [0.15, 0.2) is 0 Å². The molecule has 0 heterocycles. The van der Waals surface area contributed by atoms with E-state index in [2.05, 4.69) is 4.74 Å². The lowest BCUT2D eigenvalue weighted by molar-refractivity contribution is -0.458. The van der Waals surface area contributed by atoms with E-state index in [0.717, 1.165) is 0 Å². The molecule has 134 valence electrons. The van der Waals surface area contributed by atoms with E-state index in [1.165, 1.54) is 0 Å². The molecule has 0 saturated heterocycles. The Bertz CT molecular complexity index is 352. The van der Waals surface area contributed by atoms with Crippen molar-refractivity contribution in [1.82, 2.24) is 0 Å². The summed E-state index contributed by atoms with van der Waals surface area (Å²) in [6.07, 6.45) is -9.36. The van der Waals surface area contributed by atoms with Crippen LogP contribution in [-0.4, -0.2) is 35.9 Å². The Hall–Kier alpha value is -0.880. The molecular formula is C9H8F12O. The first-order valence-corrected chi connectivity index (χ1v) is 5.13. The minimum absolute atomic E-state index is 0.323. The minimum Gasteiger partial charge on any atom is -0.248 e. The Kier molecular flexibility index (Phi) is 5.12. The average Bonchev–Trinajstić information content (AvgIpc) is 2.08. The van der Waals surface area contributed by atoms with Gasteiger partial charge in [-0.3, -0.25) is 0 Å². The molecule has 0 aliphatic heterocycles. The van der Waals surface area contributed by atoms with E-state index in [0.29, 0.717) is 0 Å². The fraction of sp³-hybridized carbons (Fsp3) is 1.00. The molecule has 0 radical (unpaired) electrons. The average molecular weight is 360 g/mol. The lowest BCUT2D eigenvalue weighted by Gasteiger charge is -2.39. The Morgan fingerprint density at radius 1 is 0.636 bits per heavy atom. The number of rotatable bonds is 6. The molecule has 0 aromatic carbocycles. The number of ether oxygens (including phenoxy) is 1. The van der Waals surface area contributed by atoms with Crippen LogP contribution < -0.4 is 0 Å². The Morgan fingerprint density at radius 2 is 1.00 bits per heavy atom. The van der Waals surface area contributed by atoms with Crippen molar-refractivity contribution in [2.75, 3.05) is 0 Å². The number of hydrogen-bond acceptors (Lipinski definition) is 1. The Balaban J connectivity index is 5.74. The molecule has 1 nitrogen and oxygen atoms in total. The summed E-state index contributed by atoms with van der Waals surface area (Å²) in [7, 11) is 0. The quantitative estimate of drug-likeness (QED) is 0.595. The summed E-state index contributed by atoms with van der Waals surface area (Å²) in [6, 6.07) is 0. The highest BCUT2D eigenvalue weighted by Crippen LogP contribution is 2.55. The SMILES string of the molecule is CC(F)(F)CC(F)(F)C(F)(F)C(F)(F)C(C)(F)OC(F)(F)F. The molecular weight excluding hydrogens is 352 g/mol. The summed E-state index contributed by atoms with van der Waals surface area (Å²) < 4.78 is 153. The lowest BCUT2D eigenvalue weighted by atomic mass is 9.95. The topological polar surface area (TPSA) is 9.23 Å². The highest BCUT2D eigenvalue weighted by Gasteiger charge is 2.80. The molecule has 1 atom stereocenters. The normalized spacial score (nSPS) is 18.3. The molecule has 0 aliphatic rings. The fourth-order valence-electron chi connectivity index (χ4n) is 1.29. The molecule has 0 bridgehead atoms. The van der Waals surface area contributed by atoms with Crippen molar-refractivity contribution in [3.8, 4) is 0 Å². The van der Waals surface area contributed by atoms with Crippen molar-refractivity contribution < 1.29 is 57.4 Å². The molecule has 0 aliphatic carbocycles. The van der Waals surface area contributed by atoms with E-state index < -0.39 is 49.3 Å². The minimum atomic E-state index is -6.89. The van der Waals surface area contributed by atoms with Gasteiger partial charge >= 0.3 is 24.1 Å². The molecule has 0 saturated carbocycles. The summed E-state index contributed by atoms with van der Waals surface area (Å²) in [6.45, 7) is -1.20. The summed E-state index contributed by atoms with van der Waals surface area (Å²) in [5.41, 5.74) is 0. The van der Waals surface area contributed by atoms with Crippen LogP contribution >= 0.6 is 0 Å². The molecule has 0 fully saturated rings. The monoisotopic (exact) mass is 360 g/mol. The standard InChI is InChI=1S/C9H8F12O/c1-4(10,11)3-6(13,14)8(17,18)7(15,16)5(2,12)22-9(19,20)21/h3H2,1-2H3. The van der Waals surface area contributed by atoms with Crippen molar-refractivity contribution in [3.05, 3.63) is 0 Å². The molecule has 0 amide bonds. The molecule has 0 rings (SSSR count). The third-order valence-electron chi connectivity index (χ3n) is 2.25. The maximum atomic E-state index is 13.1. The van der Waals surface area contributed by atoms with Crippen LogP contribution in [0.1, 0.15) is 20.3 Å². The van der Waals surface area contributed by atoms with E-state index in [4.69, 9.17) is 0 Å². The maximum absolute atomic E-state index is 13.1. The predicted octanol–water partition coefficient (Wildman–Crippen LogP) is 5.16. The molecule has 0 aromatic rings. The molecule has 0 aromatic heterocycles. The van der Waals surface area contributed by atoms with Crippen LogP contribution in [0.5, 0.6) is 0 Å². The van der Waals surface area contributed by atoms with Gasteiger partial charge in [0.1, 0.15) is 0 Å². The third-order valence-corrected chi connectivity index (χ3v) is 2.25. The molecule has 0 N–H and O–H groups in total. The van der Waals surface area contributed by atoms with E-state index >= 15 is 0 Å². The van der Waals surface area contributed by atoms with Crippen LogP contribution in [0.4, 0.5) is 52.7 Å². The summed E-state index contributed by atoms with van der Waals surface area (Å²) in [5.74, 6) is -30.1. The van der Waals surface area contributed by atoms with Gasteiger partial charge in [-0.15, -0.1) is 13.2 Å². The zero-order chi connectivity index (χ0) is 18.4.